The van der Waals surface area contributed by atoms with Gasteiger partial charge >= 0.3 is 5.97 Å². The van der Waals surface area contributed by atoms with Gasteiger partial charge in [-0.3, -0.25) is 15.4 Å². The fourth-order valence-electron chi connectivity index (χ4n) is 2.41. The van der Waals surface area contributed by atoms with E-state index in [-0.39, 0.29) is 5.70 Å². The van der Waals surface area contributed by atoms with Crippen molar-refractivity contribution in [3.63, 3.8) is 0 Å². The van der Waals surface area contributed by atoms with Gasteiger partial charge in [-0.2, -0.15) is 0 Å². The van der Waals surface area contributed by atoms with Crippen molar-refractivity contribution in [2.24, 2.45) is 12.8 Å². The predicted molar refractivity (Wildman–Crippen MR) is 81.2 cm³/mol. The molecule has 0 aliphatic carbocycles. The maximum absolute atomic E-state index is 12.2. The number of aliphatic carboxylic acids is 1. The van der Waals surface area contributed by atoms with Crippen LogP contribution in [0.5, 0.6) is 0 Å². The largest absolute Gasteiger partial charge is 0.477 e. The Kier molecular flexibility index (Phi) is 4.08. The first-order valence-corrected chi connectivity index (χ1v) is 8.53. The number of amides is 1. The van der Waals surface area contributed by atoms with Crippen LogP contribution >= 0.6 is 23.5 Å². The number of carboxylic acids is 1. The Morgan fingerprint density at radius 2 is 2.39 bits per heavy atom. The molecule has 2 atom stereocenters. The minimum Gasteiger partial charge on any atom is -0.477 e. The van der Waals surface area contributed by atoms with E-state index in [2.05, 4.69) is 15.5 Å². The van der Waals surface area contributed by atoms with Crippen molar-refractivity contribution in [2.75, 3.05) is 18.6 Å². The first kappa shape index (κ1) is 16.2. The lowest BCUT2D eigenvalue weighted by Gasteiger charge is -2.54. The summed E-state index contributed by atoms with van der Waals surface area (Å²) in [5.41, 5.74) is 5.03. The monoisotopic (exact) mass is 358 g/mol. The number of carbonyl (C=O) groups is 2. The number of carboxylic acid groups (broad SMARTS) is 1. The second-order valence-corrected chi connectivity index (χ2v) is 6.98. The first-order valence-electron chi connectivity index (χ1n) is 6.50. The van der Waals surface area contributed by atoms with Gasteiger partial charge in [-0.1, -0.05) is 11.8 Å². The molecule has 0 aromatic carbocycles. The minimum atomic E-state index is -1.46. The molecule has 1 fully saturated rings. The van der Waals surface area contributed by atoms with Crippen LogP contribution in [0.2, 0.25) is 0 Å². The zero-order valence-corrected chi connectivity index (χ0v) is 13.9. The quantitative estimate of drug-likeness (QED) is 0.377. The molecule has 1 saturated heterocycles. The van der Waals surface area contributed by atoms with Crippen LogP contribution in [0.15, 0.2) is 16.4 Å². The molecular weight excluding hydrogens is 344 g/mol. The SMILES string of the molecule is COC1(N)C(=O)N2C(C(=O)O)=C(CSc3nnnn3C)CSC21. The molecule has 2 aliphatic rings. The van der Waals surface area contributed by atoms with E-state index in [0.717, 1.165) is 0 Å². The molecule has 0 saturated carbocycles. The highest BCUT2D eigenvalue weighted by atomic mass is 32.2. The summed E-state index contributed by atoms with van der Waals surface area (Å²) in [5, 5.41) is 20.6. The second kappa shape index (κ2) is 5.78. The van der Waals surface area contributed by atoms with Crippen LogP contribution < -0.4 is 5.73 Å². The second-order valence-electron chi connectivity index (χ2n) is 4.97. The Morgan fingerprint density at radius 3 is 2.96 bits per heavy atom. The third kappa shape index (κ3) is 2.41. The summed E-state index contributed by atoms with van der Waals surface area (Å²) in [6.45, 7) is 0. The Morgan fingerprint density at radius 1 is 1.65 bits per heavy atom. The number of methoxy groups -OCH3 is 1. The summed E-state index contributed by atoms with van der Waals surface area (Å²) in [5.74, 6) is -0.897. The fourth-order valence-corrected chi connectivity index (χ4v) is 4.79. The van der Waals surface area contributed by atoms with Crippen LogP contribution in [-0.2, 0) is 21.4 Å². The molecule has 3 heterocycles. The maximum atomic E-state index is 12.2. The van der Waals surface area contributed by atoms with Crippen molar-refractivity contribution in [3.05, 3.63) is 11.3 Å². The molecule has 0 radical (unpaired) electrons. The number of hydrogen-bond acceptors (Lipinski definition) is 9. The standard InChI is InChI=1S/C11H14N6O4S2/c1-16-10(13-14-15-16)23-4-5-3-22-9-11(12,21-2)8(20)17(9)6(5)7(18)19/h9H,3-4,12H2,1-2H3,(H,18,19). The molecule has 124 valence electrons. The summed E-state index contributed by atoms with van der Waals surface area (Å²) in [4.78, 5) is 25.0. The number of nitrogens with zero attached hydrogens (tertiary/aromatic N) is 5. The van der Waals surface area contributed by atoms with Crippen molar-refractivity contribution in [3.8, 4) is 0 Å². The third-order valence-electron chi connectivity index (χ3n) is 3.64. The number of hydrogen-bond donors (Lipinski definition) is 2. The van der Waals surface area contributed by atoms with E-state index in [1.54, 1.807) is 7.05 Å². The van der Waals surface area contributed by atoms with Crippen molar-refractivity contribution in [1.82, 2.24) is 25.1 Å². The lowest BCUT2D eigenvalue weighted by Crippen LogP contribution is -2.78. The van der Waals surface area contributed by atoms with Gasteiger partial charge in [0.1, 0.15) is 11.1 Å². The van der Waals surface area contributed by atoms with Gasteiger partial charge in [0.2, 0.25) is 10.9 Å². The smallest absolute Gasteiger partial charge is 0.352 e. The van der Waals surface area contributed by atoms with E-state index in [1.807, 2.05) is 0 Å². The number of fused-ring (bicyclic) bond motifs is 1. The number of tetrazole rings is 1. The van der Waals surface area contributed by atoms with Crippen LogP contribution in [0.1, 0.15) is 0 Å². The van der Waals surface area contributed by atoms with Crippen molar-refractivity contribution in [1.29, 1.82) is 0 Å². The lowest BCUT2D eigenvalue weighted by atomic mass is 10.00. The number of β-lactam (4-membered cyclic amide) rings is 1. The molecule has 12 heteroatoms. The molecule has 2 unspecified atom stereocenters. The molecule has 10 nitrogen and oxygen atoms in total. The number of thioether (sulfide) groups is 2. The van der Waals surface area contributed by atoms with E-state index in [4.69, 9.17) is 10.5 Å². The van der Waals surface area contributed by atoms with Crippen LogP contribution in [-0.4, -0.2) is 71.8 Å². The van der Waals surface area contributed by atoms with Crippen molar-refractivity contribution < 1.29 is 19.4 Å². The summed E-state index contributed by atoms with van der Waals surface area (Å²) >= 11 is 2.69. The predicted octanol–water partition coefficient (Wildman–Crippen LogP) is -1.14. The molecule has 3 N–H and O–H groups in total. The average molecular weight is 358 g/mol. The fraction of sp³-hybridized carbons (Fsp3) is 0.545. The number of aryl methyl sites for hydroxylation is 1. The zero-order chi connectivity index (χ0) is 16.8. The summed E-state index contributed by atoms with van der Waals surface area (Å²) < 4.78 is 6.56. The summed E-state index contributed by atoms with van der Waals surface area (Å²) in [6, 6.07) is 0. The molecule has 1 aromatic rings. The molecule has 23 heavy (non-hydrogen) atoms. The Balaban J connectivity index is 1.85. The highest BCUT2D eigenvalue weighted by molar-refractivity contribution is 8.01. The number of ether oxygens (including phenoxy) is 1. The molecular formula is C11H14N6O4S2. The Hall–Kier alpha value is -1.63. The number of nitrogens with two attached hydrogens (primary N) is 1. The van der Waals surface area contributed by atoms with E-state index in [9.17, 15) is 14.7 Å². The first-order chi connectivity index (χ1) is 10.9. The van der Waals surface area contributed by atoms with Crippen LogP contribution in [0, 0.1) is 0 Å². The average Bonchev–Trinajstić information content (AvgIpc) is 2.95. The van der Waals surface area contributed by atoms with Crippen molar-refractivity contribution in [2.45, 2.75) is 16.3 Å². The maximum Gasteiger partial charge on any atom is 0.352 e. The normalized spacial score (nSPS) is 27.0. The van der Waals surface area contributed by atoms with Gasteiger partial charge in [0.05, 0.1) is 0 Å². The molecule has 0 spiro atoms. The number of rotatable bonds is 5. The summed E-state index contributed by atoms with van der Waals surface area (Å²) in [7, 11) is 3.03. The summed E-state index contributed by atoms with van der Waals surface area (Å²) in [6.07, 6.45) is 0. The van der Waals surface area contributed by atoms with Gasteiger partial charge in [-0.15, -0.1) is 16.9 Å². The van der Waals surface area contributed by atoms with E-state index >= 15 is 0 Å². The van der Waals surface area contributed by atoms with Gasteiger partial charge in [-0.25, -0.2) is 9.48 Å². The molecule has 0 bridgehead atoms. The van der Waals surface area contributed by atoms with Crippen LogP contribution in [0.25, 0.3) is 0 Å². The third-order valence-corrected chi connectivity index (χ3v) is 6.13. The van der Waals surface area contributed by atoms with E-state index in [1.165, 1.54) is 40.2 Å². The molecule has 3 rings (SSSR count). The molecule has 2 aliphatic heterocycles. The van der Waals surface area contributed by atoms with E-state index < -0.39 is 23.0 Å². The Bertz CT molecular complexity index is 706. The van der Waals surface area contributed by atoms with Crippen LogP contribution in [0.3, 0.4) is 0 Å². The van der Waals surface area contributed by atoms with Gasteiger partial charge in [0, 0.05) is 25.7 Å². The Labute approximate surface area is 139 Å². The molecule has 1 aromatic heterocycles. The van der Waals surface area contributed by atoms with Gasteiger partial charge in [0.15, 0.2) is 0 Å². The topological polar surface area (TPSA) is 136 Å². The number of aromatic nitrogens is 4. The van der Waals surface area contributed by atoms with Crippen molar-refractivity contribution >= 4 is 35.4 Å². The van der Waals surface area contributed by atoms with E-state index in [0.29, 0.717) is 22.2 Å². The highest BCUT2D eigenvalue weighted by Gasteiger charge is 2.63. The lowest BCUT2D eigenvalue weighted by molar-refractivity contribution is -0.182. The van der Waals surface area contributed by atoms with Gasteiger partial charge < -0.3 is 9.84 Å². The molecule has 1 amide bonds. The highest BCUT2D eigenvalue weighted by Crippen LogP contribution is 2.45. The van der Waals surface area contributed by atoms with Gasteiger partial charge in [-0.05, 0) is 16.0 Å². The zero-order valence-electron chi connectivity index (χ0n) is 12.3. The number of carbonyl (C=O) groups excluding carboxylic acids is 1. The van der Waals surface area contributed by atoms with Crippen LogP contribution in [0.4, 0.5) is 0 Å². The van der Waals surface area contributed by atoms with Gasteiger partial charge in [0.25, 0.3) is 5.91 Å². The minimum absolute atomic E-state index is 0.0282.